The Morgan fingerprint density at radius 3 is 1.16 bits per heavy atom. The number of fused-ring (bicyclic) bond motifs is 2. The summed E-state index contributed by atoms with van der Waals surface area (Å²) in [5.74, 6) is -1.14. The Balaban J connectivity index is 1.77. The monoisotopic (exact) mass is 720 g/mol. The average molecular weight is 720 g/mol. The second kappa shape index (κ2) is 6.01. The van der Waals surface area contributed by atoms with E-state index < -0.39 is 0 Å². The maximum atomic E-state index is 12.9. The van der Waals surface area contributed by atoms with E-state index in [0.717, 1.165) is 35.4 Å². The van der Waals surface area contributed by atoms with Crippen LogP contribution in [-0.4, -0.2) is 55.5 Å². The van der Waals surface area contributed by atoms with Gasteiger partial charge in [0.1, 0.15) is 0 Å². The van der Waals surface area contributed by atoms with Crippen LogP contribution in [0.3, 0.4) is 0 Å². The van der Waals surface area contributed by atoms with Gasteiger partial charge in [0.2, 0.25) is 0 Å². The Morgan fingerprint density at radius 1 is 0.500 bits per heavy atom. The average Bonchev–Trinajstić information content (AvgIpc) is 2.82. The summed E-state index contributed by atoms with van der Waals surface area (Å²) in [6.07, 6.45) is 0. The second-order valence-electron chi connectivity index (χ2n) is 8.01. The van der Waals surface area contributed by atoms with Crippen molar-refractivity contribution in [2.75, 3.05) is 0 Å². The van der Waals surface area contributed by atoms with Gasteiger partial charge >= 0.3 is 189 Å². The van der Waals surface area contributed by atoms with Gasteiger partial charge in [0, 0.05) is 0 Å². The number of carbonyl (C=O) groups excluding carboxylic acids is 4. The van der Waals surface area contributed by atoms with Gasteiger partial charge in [0.15, 0.2) is 0 Å². The summed E-state index contributed by atoms with van der Waals surface area (Å²) in [4.78, 5) is 51.4. The van der Waals surface area contributed by atoms with Crippen LogP contribution in [0, 0.1) is 0 Å². The van der Waals surface area contributed by atoms with Crippen LogP contribution in [0.1, 0.15) is 41.4 Å². The van der Waals surface area contributed by atoms with Gasteiger partial charge < -0.3 is 0 Å². The molecule has 5 aromatic carbocycles. The van der Waals surface area contributed by atoms with Gasteiger partial charge in [-0.1, -0.05) is 0 Å². The minimum atomic E-state index is -0.327. The molecule has 0 fully saturated rings. The van der Waals surface area contributed by atoms with E-state index in [9.17, 15) is 19.2 Å². The van der Waals surface area contributed by atoms with Crippen LogP contribution in [0.25, 0.3) is 43.1 Å². The van der Waals surface area contributed by atoms with Crippen molar-refractivity contribution < 1.29 is 19.2 Å². The molecule has 8 heteroatoms. The standard InChI is InChI=1S/C24H9IN2O4.Tl/c25-27-23(30)15-7-3-11-9-1-5-13-19-14(22(29)26-21(13)28)6-2-10(17(9)19)12-4-8-16(24(27)31)20(15)18(11)12;/h1-8H,(H,26,28,29);/q;+1/p-1. The quantitative estimate of drug-likeness (QED) is 0.0596. The maximum absolute atomic E-state index is 12.9. The van der Waals surface area contributed by atoms with Gasteiger partial charge in [-0.3, -0.25) is 0 Å². The van der Waals surface area contributed by atoms with E-state index in [1.54, 1.807) is 47.1 Å². The summed E-state index contributed by atoms with van der Waals surface area (Å²) in [5.41, 5.74) is 2.09. The van der Waals surface area contributed by atoms with Gasteiger partial charge in [-0.15, -0.1) is 0 Å². The van der Waals surface area contributed by atoms with Gasteiger partial charge in [0.25, 0.3) is 0 Å². The predicted molar refractivity (Wildman–Crippen MR) is 128 cm³/mol. The second-order valence-corrected chi connectivity index (χ2v) is 11.0. The van der Waals surface area contributed by atoms with Crippen molar-refractivity contribution in [2.45, 2.75) is 0 Å². The third-order valence-corrected chi connectivity index (χ3v) is 9.32. The van der Waals surface area contributed by atoms with Gasteiger partial charge in [-0.25, -0.2) is 0 Å². The molecule has 148 valence electrons. The number of amides is 4. The topological polar surface area (TPSA) is 74.8 Å². The minimum absolute atomic E-state index is 0.0832. The molecule has 2 aliphatic heterocycles. The third kappa shape index (κ3) is 2.00. The van der Waals surface area contributed by atoms with Crippen molar-refractivity contribution in [3.8, 4) is 0 Å². The molecule has 0 saturated heterocycles. The molecule has 32 heavy (non-hydrogen) atoms. The number of carbonyl (C=O) groups is 4. The SMILES string of the molecule is O=C1c2ccc3c4ccc5c6c(ccc(c7ccc(c2c37)C(=O)N1I)c64)C(=O)[N]([Tl])C5=O. The molecule has 0 radical (unpaired) electrons. The zero-order chi connectivity index (χ0) is 22.0. The van der Waals surface area contributed by atoms with E-state index in [4.69, 9.17) is 0 Å². The van der Waals surface area contributed by atoms with E-state index in [0.29, 0.717) is 33.0 Å². The molecule has 0 N–H and O–H groups in total. The van der Waals surface area contributed by atoms with Crippen LogP contribution >= 0.6 is 22.9 Å². The van der Waals surface area contributed by atoms with Crippen LogP contribution in [0.2, 0.25) is 0 Å². The van der Waals surface area contributed by atoms with Gasteiger partial charge in [-0.05, 0) is 0 Å². The van der Waals surface area contributed by atoms with E-state index >= 15 is 0 Å². The van der Waals surface area contributed by atoms with Crippen LogP contribution in [0.5, 0.6) is 0 Å². The zero-order valence-electron chi connectivity index (χ0n) is 16.1. The summed E-state index contributed by atoms with van der Waals surface area (Å²) in [6.45, 7) is 0. The fraction of sp³-hybridized carbons (Fsp3) is 0. The van der Waals surface area contributed by atoms with E-state index in [2.05, 4.69) is 0 Å². The first kappa shape index (κ1) is 18.9. The Morgan fingerprint density at radius 2 is 0.812 bits per heavy atom. The number of halogens is 1. The van der Waals surface area contributed by atoms with Crippen LogP contribution in [-0.2, 0) is 0 Å². The molecular weight excluding hydrogens is 712 g/mol. The summed E-state index contributed by atoms with van der Waals surface area (Å²) >= 11 is 1.84. The number of hydrogen-bond acceptors (Lipinski definition) is 4. The predicted octanol–water partition coefficient (Wildman–Crippen LogP) is 4.36. The van der Waals surface area contributed by atoms with Crippen molar-refractivity contribution in [1.82, 2.24) is 5.82 Å². The molecule has 0 aromatic heterocycles. The molecule has 2 aliphatic rings. The van der Waals surface area contributed by atoms with Crippen LogP contribution in [0.4, 0.5) is 0 Å². The fourth-order valence-corrected chi connectivity index (χ4v) is 6.86. The van der Waals surface area contributed by atoms with Crippen molar-refractivity contribution in [3.63, 3.8) is 0 Å². The molecule has 0 spiro atoms. The third-order valence-electron chi connectivity index (χ3n) is 6.62. The van der Waals surface area contributed by atoms with Crippen molar-refractivity contribution in [2.24, 2.45) is 0 Å². The van der Waals surface area contributed by atoms with Gasteiger partial charge in [-0.2, -0.15) is 0 Å². The molecule has 0 unspecified atom stereocenters. The molecule has 5 aromatic rings. The molecule has 0 bridgehead atoms. The molecule has 0 saturated carbocycles. The first-order chi connectivity index (χ1) is 15.4. The normalized spacial score (nSPS) is 15.9. The molecule has 0 atom stereocenters. The van der Waals surface area contributed by atoms with E-state index in [1.807, 2.05) is 24.3 Å². The van der Waals surface area contributed by atoms with Gasteiger partial charge in [0.05, 0.1) is 22.9 Å². The number of hydrogen-bond donors (Lipinski definition) is 0. The van der Waals surface area contributed by atoms with Crippen molar-refractivity contribution in [1.29, 1.82) is 0 Å². The Kier molecular flexibility index (Phi) is 3.54. The molecule has 0 aliphatic carbocycles. The summed E-state index contributed by atoms with van der Waals surface area (Å²) in [7, 11) is 0. The number of benzene rings is 5. The van der Waals surface area contributed by atoms with E-state index in [-0.39, 0.29) is 49.7 Å². The summed E-state index contributed by atoms with van der Waals surface area (Å²) in [5, 5.41) is 6.69. The van der Waals surface area contributed by atoms with Crippen LogP contribution < -0.4 is 0 Å². The summed E-state index contributed by atoms with van der Waals surface area (Å²) < 4.78 is 2.44. The number of nitrogens with zero attached hydrogens (tertiary/aromatic N) is 2. The first-order valence-electron chi connectivity index (χ1n) is 9.78. The molecule has 4 amide bonds. The Labute approximate surface area is 210 Å². The number of rotatable bonds is 0. The van der Waals surface area contributed by atoms with Crippen LogP contribution in [0.15, 0.2) is 48.5 Å². The molecular formula is C24H8IN2O4Tl. The Bertz CT molecular complexity index is 1540. The molecule has 6 nitrogen and oxygen atoms in total. The summed E-state index contributed by atoms with van der Waals surface area (Å²) in [6, 6.07) is 14.8. The molecule has 7 rings (SSSR count). The first-order valence-corrected chi connectivity index (χ1v) is 12.8. The zero-order valence-corrected chi connectivity index (χ0v) is 22.7. The number of imide groups is 2. The fourth-order valence-electron chi connectivity index (χ4n) is 5.26. The Hall–Kier alpha value is -2.67. The van der Waals surface area contributed by atoms with E-state index in [1.165, 1.54) is 2.71 Å². The van der Waals surface area contributed by atoms with Crippen molar-refractivity contribution >= 4 is 116 Å². The van der Waals surface area contributed by atoms with Crippen molar-refractivity contribution in [3.05, 3.63) is 70.8 Å². The molecule has 2 heterocycles.